The van der Waals surface area contributed by atoms with Gasteiger partial charge in [-0.25, -0.2) is 4.68 Å². The number of ether oxygens (including phenoxy) is 1. The highest BCUT2D eigenvalue weighted by atomic mass is 16.5. The number of esters is 1. The number of carbonyl (C=O) groups is 2. The molecule has 0 atom stereocenters. The molecule has 0 aromatic carbocycles. The number of nitrogens with one attached hydrogen (secondary N) is 2. The second-order valence-corrected chi connectivity index (χ2v) is 4.89. The van der Waals surface area contributed by atoms with Gasteiger partial charge < -0.3 is 15.4 Å². The Hall–Kier alpha value is -1.89. The molecule has 1 rings (SSSR count). The molecule has 0 saturated carbocycles. The van der Waals surface area contributed by atoms with Crippen LogP contribution in [0.25, 0.3) is 0 Å². The molecule has 0 aliphatic rings. The zero-order valence-corrected chi connectivity index (χ0v) is 12.9. The predicted octanol–water partition coefficient (Wildman–Crippen LogP) is 1.34. The number of hydrogen-bond acceptors (Lipinski definition) is 5. The number of aromatic nitrogens is 2. The van der Waals surface area contributed by atoms with Crippen LogP contribution in [0.15, 0.2) is 12.3 Å². The van der Waals surface area contributed by atoms with Gasteiger partial charge in [-0.3, -0.25) is 9.59 Å². The minimum Gasteiger partial charge on any atom is -0.466 e. The minimum absolute atomic E-state index is 0.131. The normalized spacial score (nSPS) is 10.7. The molecule has 7 nitrogen and oxygen atoms in total. The predicted molar refractivity (Wildman–Crippen MR) is 80.0 cm³/mol. The van der Waals surface area contributed by atoms with Crippen molar-refractivity contribution in [3.8, 4) is 0 Å². The number of amides is 1. The summed E-state index contributed by atoms with van der Waals surface area (Å²) in [5.74, 6) is 0.349. The van der Waals surface area contributed by atoms with Crippen LogP contribution >= 0.6 is 0 Å². The summed E-state index contributed by atoms with van der Waals surface area (Å²) in [6.07, 6.45) is 2.67. The third kappa shape index (κ3) is 6.40. The third-order valence-electron chi connectivity index (χ3n) is 2.75. The molecule has 1 aromatic rings. The fraction of sp³-hybridized carbons (Fsp3) is 0.643. The Morgan fingerprint density at radius 3 is 2.86 bits per heavy atom. The van der Waals surface area contributed by atoms with Gasteiger partial charge in [0.05, 0.1) is 19.3 Å². The van der Waals surface area contributed by atoms with Crippen LogP contribution in [0, 0.1) is 0 Å². The van der Waals surface area contributed by atoms with Gasteiger partial charge in [-0.2, -0.15) is 5.10 Å². The Morgan fingerprint density at radius 1 is 1.43 bits per heavy atom. The fourth-order valence-corrected chi connectivity index (χ4v) is 1.80. The number of carbonyl (C=O) groups excluding carboxylic acids is 2. The first kappa shape index (κ1) is 17.2. The Labute approximate surface area is 125 Å². The van der Waals surface area contributed by atoms with Crippen molar-refractivity contribution in [3.63, 3.8) is 0 Å². The fourth-order valence-electron chi connectivity index (χ4n) is 1.80. The average molecular weight is 296 g/mol. The molecule has 2 N–H and O–H groups in total. The van der Waals surface area contributed by atoms with Gasteiger partial charge in [-0.05, 0) is 33.7 Å². The first-order chi connectivity index (χ1) is 10.0. The molecule has 21 heavy (non-hydrogen) atoms. The molecule has 0 saturated heterocycles. The van der Waals surface area contributed by atoms with E-state index in [0.29, 0.717) is 31.8 Å². The molecule has 0 aliphatic heterocycles. The Balaban J connectivity index is 2.20. The van der Waals surface area contributed by atoms with Crippen LogP contribution in [0.3, 0.4) is 0 Å². The van der Waals surface area contributed by atoms with Gasteiger partial charge in [0.15, 0.2) is 0 Å². The van der Waals surface area contributed by atoms with Crippen LogP contribution in [-0.4, -0.2) is 41.4 Å². The molecule has 7 heteroatoms. The Morgan fingerprint density at radius 2 is 2.19 bits per heavy atom. The second-order valence-electron chi connectivity index (χ2n) is 4.89. The molecule has 0 radical (unpaired) electrons. The van der Waals surface area contributed by atoms with E-state index in [1.165, 1.54) is 0 Å². The van der Waals surface area contributed by atoms with Crippen LogP contribution in [0.4, 0.5) is 5.82 Å². The highest BCUT2D eigenvalue weighted by Gasteiger charge is 2.09. The van der Waals surface area contributed by atoms with Crippen molar-refractivity contribution < 1.29 is 14.3 Å². The smallest absolute Gasteiger partial charge is 0.305 e. The number of hydrogen-bond donors (Lipinski definition) is 2. The minimum atomic E-state index is -0.204. The summed E-state index contributed by atoms with van der Waals surface area (Å²) in [5.41, 5.74) is 0. The summed E-state index contributed by atoms with van der Waals surface area (Å²) < 4.78 is 6.57. The Bertz CT molecular complexity index is 457. The molecule has 0 aliphatic carbocycles. The SMILES string of the molecule is CCOC(=O)CCCNCC(=O)Nc1ccnn1C(C)C. The molecule has 0 spiro atoms. The maximum Gasteiger partial charge on any atom is 0.305 e. The van der Waals surface area contributed by atoms with E-state index >= 15 is 0 Å². The lowest BCUT2D eigenvalue weighted by Crippen LogP contribution is -2.30. The van der Waals surface area contributed by atoms with Gasteiger partial charge in [0.1, 0.15) is 5.82 Å². The second kappa shape index (κ2) is 9.12. The lowest BCUT2D eigenvalue weighted by Gasteiger charge is -2.12. The van der Waals surface area contributed by atoms with Crippen LogP contribution in [0.5, 0.6) is 0 Å². The molecule has 1 amide bonds. The molecule has 1 heterocycles. The summed E-state index contributed by atoms with van der Waals surface area (Å²) in [6.45, 7) is 6.97. The van der Waals surface area contributed by atoms with Crippen molar-refractivity contribution in [3.05, 3.63) is 12.3 Å². The summed E-state index contributed by atoms with van der Waals surface area (Å²) in [7, 11) is 0. The molecule has 1 aromatic heterocycles. The zero-order chi connectivity index (χ0) is 15.7. The molecule has 0 fully saturated rings. The van der Waals surface area contributed by atoms with Gasteiger partial charge in [0.25, 0.3) is 0 Å². The topological polar surface area (TPSA) is 85.2 Å². The molecular weight excluding hydrogens is 272 g/mol. The van der Waals surface area contributed by atoms with E-state index < -0.39 is 0 Å². The summed E-state index contributed by atoms with van der Waals surface area (Å²) in [4.78, 5) is 22.9. The maximum atomic E-state index is 11.8. The highest BCUT2D eigenvalue weighted by molar-refractivity contribution is 5.91. The van der Waals surface area contributed by atoms with Gasteiger partial charge in [0, 0.05) is 18.5 Å². The van der Waals surface area contributed by atoms with Crippen molar-refractivity contribution in [2.75, 3.05) is 25.0 Å². The lowest BCUT2D eigenvalue weighted by molar-refractivity contribution is -0.143. The monoisotopic (exact) mass is 296 g/mol. The summed E-state index contributed by atoms with van der Waals surface area (Å²) in [5, 5.41) is 9.94. The summed E-state index contributed by atoms with van der Waals surface area (Å²) >= 11 is 0. The van der Waals surface area contributed by atoms with Gasteiger partial charge in [-0.15, -0.1) is 0 Å². The van der Waals surface area contributed by atoms with Crippen molar-refractivity contribution >= 4 is 17.7 Å². The van der Waals surface area contributed by atoms with E-state index in [2.05, 4.69) is 15.7 Å². The first-order valence-electron chi connectivity index (χ1n) is 7.24. The Kier molecular flexibility index (Phi) is 7.45. The van der Waals surface area contributed by atoms with E-state index in [0.717, 1.165) is 0 Å². The molecular formula is C14H24N4O3. The number of anilines is 1. The maximum absolute atomic E-state index is 11.8. The van der Waals surface area contributed by atoms with Crippen LogP contribution < -0.4 is 10.6 Å². The van der Waals surface area contributed by atoms with Gasteiger partial charge >= 0.3 is 5.97 Å². The van der Waals surface area contributed by atoms with E-state index in [4.69, 9.17) is 4.74 Å². The first-order valence-corrected chi connectivity index (χ1v) is 7.24. The van der Waals surface area contributed by atoms with E-state index in [9.17, 15) is 9.59 Å². The number of rotatable bonds is 9. The lowest BCUT2D eigenvalue weighted by atomic mass is 10.3. The quantitative estimate of drug-likeness (QED) is 0.530. The van der Waals surface area contributed by atoms with Gasteiger partial charge in [0.2, 0.25) is 5.91 Å². The van der Waals surface area contributed by atoms with Crippen LogP contribution in [0.2, 0.25) is 0 Å². The zero-order valence-electron chi connectivity index (χ0n) is 12.9. The standard InChI is InChI=1S/C14H24N4O3/c1-4-21-14(20)6-5-8-15-10-13(19)17-12-7-9-16-18(12)11(2)3/h7,9,11,15H,4-6,8,10H2,1-3H3,(H,17,19). The van der Waals surface area contributed by atoms with Gasteiger partial charge in [-0.1, -0.05) is 0 Å². The van der Waals surface area contributed by atoms with Crippen molar-refractivity contribution in [2.45, 2.75) is 39.7 Å². The van der Waals surface area contributed by atoms with E-state index in [1.54, 1.807) is 23.9 Å². The van der Waals surface area contributed by atoms with Crippen molar-refractivity contribution in [2.24, 2.45) is 0 Å². The van der Waals surface area contributed by atoms with Crippen LogP contribution in [-0.2, 0) is 14.3 Å². The van der Waals surface area contributed by atoms with Crippen LogP contribution in [0.1, 0.15) is 39.7 Å². The largest absolute Gasteiger partial charge is 0.466 e. The average Bonchev–Trinajstić information content (AvgIpc) is 2.86. The number of nitrogens with zero attached hydrogens (tertiary/aromatic N) is 2. The molecule has 0 unspecified atom stereocenters. The van der Waals surface area contributed by atoms with Crippen molar-refractivity contribution in [1.29, 1.82) is 0 Å². The molecule has 0 bridgehead atoms. The molecule has 118 valence electrons. The van der Waals surface area contributed by atoms with Crippen molar-refractivity contribution in [1.82, 2.24) is 15.1 Å². The summed E-state index contributed by atoms with van der Waals surface area (Å²) in [6, 6.07) is 1.95. The van der Waals surface area contributed by atoms with E-state index in [-0.39, 0.29) is 24.5 Å². The third-order valence-corrected chi connectivity index (χ3v) is 2.75. The highest BCUT2D eigenvalue weighted by Crippen LogP contribution is 2.12. The van der Waals surface area contributed by atoms with E-state index in [1.807, 2.05) is 13.8 Å².